The summed E-state index contributed by atoms with van der Waals surface area (Å²) in [5.41, 5.74) is 1.22. The number of esters is 1. The lowest BCUT2D eigenvalue weighted by Gasteiger charge is -2.24. The van der Waals surface area contributed by atoms with Crippen LogP contribution >= 0.6 is 0 Å². The molecule has 80 valence electrons. The Labute approximate surface area is 85.7 Å². The molecule has 0 saturated heterocycles. The summed E-state index contributed by atoms with van der Waals surface area (Å²) >= 11 is 0. The standard InChI is InChI=1S/C11H19NO2/c1-4-14-11(13)9(2)10-5-7-12(3)8-6-10/h5,9H,4,6-8H2,1-3H3. The van der Waals surface area contributed by atoms with Crippen molar-refractivity contribution in [3.05, 3.63) is 11.6 Å². The van der Waals surface area contributed by atoms with Crippen LogP contribution in [-0.4, -0.2) is 37.6 Å². The van der Waals surface area contributed by atoms with Gasteiger partial charge in [0.25, 0.3) is 0 Å². The normalized spacial score (nSPS) is 20.1. The van der Waals surface area contributed by atoms with E-state index in [0.29, 0.717) is 6.61 Å². The fourth-order valence-electron chi connectivity index (χ4n) is 1.60. The van der Waals surface area contributed by atoms with E-state index in [4.69, 9.17) is 4.74 Å². The smallest absolute Gasteiger partial charge is 0.312 e. The summed E-state index contributed by atoms with van der Waals surface area (Å²) in [6.45, 7) is 6.22. The molecule has 0 radical (unpaired) electrons. The molecule has 1 atom stereocenters. The van der Waals surface area contributed by atoms with Gasteiger partial charge in [0, 0.05) is 13.1 Å². The van der Waals surface area contributed by atoms with E-state index >= 15 is 0 Å². The summed E-state index contributed by atoms with van der Waals surface area (Å²) in [5, 5.41) is 0. The monoisotopic (exact) mass is 197 g/mol. The van der Waals surface area contributed by atoms with Crippen molar-refractivity contribution in [1.82, 2.24) is 4.90 Å². The van der Waals surface area contributed by atoms with Crippen LogP contribution in [0, 0.1) is 5.92 Å². The maximum absolute atomic E-state index is 11.4. The van der Waals surface area contributed by atoms with Crippen LogP contribution in [0.25, 0.3) is 0 Å². The average molecular weight is 197 g/mol. The molecule has 0 aliphatic carbocycles. The van der Waals surface area contributed by atoms with E-state index in [1.54, 1.807) is 0 Å². The van der Waals surface area contributed by atoms with Crippen LogP contribution in [-0.2, 0) is 9.53 Å². The minimum Gasteiger partial charge on any atom is -0.466 e. The molecule has 0 N–H and O–H groups in total. The lowest BCUT2D eigenvalue weighted by atomic mass is 9.95. The summed E-state index contributed by atoms with van der Waals surface area (Å²) in [4.78, 5) is 13.7. The summed E-state index contributed by atoms with van der Waals surface area (Å²) in [6.07, 6.45) is 3.13. The number of carbonyl (C=O) groups is 1. The summed E-state index contributed by atoms with van der Waals surface area (Å²) < 4.78 is 4.99. The van der Waals surface area contributed by atoms with Gasteiger partial charge in [0.05, 0.1) is 12.5 Å². The second-order valence-corrected chi connectivity index (χ2v) is 3.77. The molecule has 3 heteroatoms. The average Bonchev–Trinajstić information content (AvgIpc) is 2.18. The number of hydrogen-bond acceptors (Lipinski definition) is 3. The number of rotatable bonds is 3. The molecule has 0 aromatic heterocycles. The van der Waals surface area contributed by atoms with Gasteiger partial charge in [-0.2, -0.15) is 0 Å². The first-order valence-corrected chi connectivity index (χ1v) is 5.19. The maximum Gasteiger partial charge on any atom is 0.312 e. The lowest BCUT2D eigenvalue weighted by molar-refractivity contribution is -0.146. The van der Waals surface area contributed by atoms with Gasteiger partial charge in [0.2, 0.25) is 0 Å². The van der Waals surface area contributed by atoms with Crippen molar-refractivity contribution in [3.63, 3.8) is 0 Å². The molecule has 3 nitrogen and oxygen atoms in total. The highest BCUT2D eigenvalue weighted by Gasteiger charge is 2.20. The van der Waals surface area contributed by atoms with Crippen molar-refractivity contribution in [2.45, 2.75) is 20.3 Å². The molecule has 0 amide bonds. The molecular formula is C11H19NO2. The SMILES string of the molecule is CCOC(=O)C(C)C1=CCN(C)CC1. The fraction of sp³-hybridized carbons (Fsp3) is 0.727. The molecule has 14 heavy (non-hydrogen) atoms. The van der Waals surface area contributed by atoms with E-state index < -0.39 is 0 Å². The van der Waals surface area contributed by atoms with Gasteiger partial charge >= 0.3 is 5.97 Å². The van der Waals surface area contributed by atoms with Gasteiger partial charge in [-0.25, -0.2) is 0 Å². The van der Waals surface area contributed by atoms with Crippen LogP contribution in [0.2, 0.25) is 0 Å². The van der Waals surface area contributed by atoms with E-state index in [-0.39, 0.29) is 11.9 Å². The number of nitrogens with zero attached hydrogens (tertiary/aromatic N) is 1. The van der Waals surface area contributed by atoms with Crippen LogP contribution in [0.5, 0.6) is 0 Å². The second-order valence-electron chi connectivity index (χ2n) is 3.77. The first kappa shape index (κ1) is 11.2. The number of ether oxygens (including phenoxy) is 1. The first-order chi connectivity index (χ1) is 6.65. The molecule has 1 unspecified atom stereocenters. The van der Waals surface area contributed by atoms with Crippen LogP contribution in [0.15, 0.2) is 11.6 Å². The number of likely N-dealkylation sites (N-methyl/N-ethyl adjacent to an activating group) is 1. The maximum atomic E-state index is 11.4. The van der Waals surface area contributed by atoms with Gasteiger partial charge in [0.1, 0.15) is 0 Å². The van der Waals surface area contributed by atoms with E-state index in [2.05, 4.69) is 18.0 Å². The summed E-state index contributed by atoms with van der Waals surface area (Å²) in [5.74, 6) is -0.160. The quantitative estimate of drug-likeness (QED) is 0.506. The molecule has 1 aliphatic rings. The van der Waals surface area contributed by atoms with E-state index in [1.807, 2.05) is 13.8 Å². The van der Waals surface area contributed by atoms with Crippen molar-refractivity contribution in [2.24, 2.45) is 5.92 Å². The van der Waals surface area contributed by atoms with Crippen LogP contribution < -0.4 is 0 Å². The number of carbonyl (C=O) groups excluding carboxylic acids is 1. The largest absolute Gasteiger partial charge is 0.466 e. The second kappa shape index (κ2) is 5.15. The van der Waals surface area contributed by atoms with Crippen molar-refractivity contribution >= 4 is 5.97 Å². The highest BCUT2D eigenvalue weighted by Crippen LogP contribution is 2.19. The van der Waals surface area contributed by atoms with Crippen LogP contribution in [0.4, 0.5) is 0 Å². The molecule has 0 aromatic rings. The number of hydrogen-bond donors (Lipinski definition) is 0. The first-order valence-electron chi connectivity index (χ1n) is 5.19. The van der Waals surface area contributed by atoms with Crippen molar-refractivity contribution in [2.75, 3.05) is 26.7 Å². The third-order valence-electron chi connectivity index (χ3n) is 2.64. The van der Waals surface area contributed by atoms with Crippen molar-refractivity contribution in [3.8, 4) is 0 Å². The Kier molecular flexibility index (Phi) is 4.14. The zero-order valence-electron chi connectivity index (χ0n) is 9.25. The Morgan fingerprint density at radius 3 is 2.93 bits per heavy atom. The lowest BCUT2D eigenvalue weighted by Crippen LogP contribution is -2.28. The molecule has 0 saturated carbocycles. The highest BCUT2D eigenvalue weighted by molar-refractivity contribution is 5.75. The van der Waals surface area contributed by atoms with Gasteiger partial charge < -0.3 is 9.64 Å². The highest BCUT2D eigenvalue weighted by atomic mass is 16.5. The fourth-order valence-corrected chi connectivity index (χ4v) is 1.60. The molecule has 0 bridgehead atoms. The topological polar surface area (TPSA) is 29.5 Å². The van der Waals surface area contributed by atoms with Crippen LogP contribution in [0.1, 0.15) is 20.3 Å². The van der Waals surface area contributed by atoms with Gasteiger partial charge in [-0.1, -0.05) is 11.6 Å². The Morgan fingerprint density at radius 1 is 1.71 bits per heavy atom. The molecule has 1 rings (SSSR count). The van der Waals surface area contributed by atoms with Crippen LogP contribution in [0.3, 0.4) is 0 Å². The predicted molar refractivity (Wildman–Crippen MR) is 56.0 cm³/mol. The Bertz CT molecular complexity index is 235. The van der Waals surface area contributed by atoms with E-state index in [9.17, 15) is 4.79 Å². The zero-order chi connectivity index (χ0) is 10.6. The molecule has 0 spiro atoms. The molecular weight excluding hydrogens is 178 g/mol. The van der Waals surface area contributed by atoms with Crippen molar-refractivity contribution < 1.29 is 9.53 Å². The van der Waals surface area contributed by atoms with Crippen molar-refractivity contribution in [1.29, 1.82) is 0 Å². The molecule has 1 aliphatic heterocycles. The summed E-state index contributed by atoms with van der Waals surface area (Å²) in [6, 6.07) is 0. The van der Waals surface area contributed by atoms with Gasteiger partial charge in [0.15, 0.2) is 0 Å². The Morgan fingerprint density at radius 2 is 2.43 bits per heavy atom. The minimum absolute atomic E-state index is 0.0661. The van der Waals surface area contributed by atoms with Gasteiger partial charge in [-0.05, 0) is 27.3 Å². The van der Waals surface area contributed by atoms with E-state index in [0.717, 1.165) is 19.5 Å². The van der Waals surface area contributed by atoms with E-state index in [1.165, 1.54) is 5.57 Å². The van der Waals surface area contributed by atoms with Gasteiger partial charge in [-0.15, -0.1) is 0 Å². The predicted octanol–water partition coefficient (Wildman–Crippen LogP) is 1.45. The zero-order valence-corrected chi connectivity index (χ0v) is 9.25. The Hall–Kier alpha value is -0.830. The molecule has 0 fully saturated rings. The minimum atomic E-state index is -0.0942. The Balaban J connectivity index is 2.52. The molecule has 1 heterocycles. The molecule has 0 aromatic carbocycles. The third kappa shape index (κ3) is 2.84. The third-order valence-corrected chi connectivity index (χ3v) is 2.64. The summed E-state index contributed by atoms with van der Waals surface area (Å²) in [7, 11) is 2.09. The van der Waals surface area contributed by atoms with Gasteiger partial charge in [-0.3, -0.25) is 4.79 Å².